The Labute approximate surface area is 57.5 Å². The molecule has 0 saturated carbocycles. The highest BCUT2D eigenvalue weighted by atomic mass is 16.1. The first-order valence-corrected chi connectivity index (χ1v) is 3.74. The molecule has 0 aromatic carbocycles. The Morgan fingerprint density at radius 2 is 2.22 bits per heavy atom. The molecule has 0 heterocycles. The smallest absolute Gasteiger partial charge is 0.119 e. The van der Waals surface area contributed by atoms with Gasteiger partial charge >= 0.3 is 0 Å². The molecule has 0 N–H and O–H groups in total. The lowest BCUT2D eigenvalue weighted by molar-refractivity contribution is -0.107. The molecule has 0 saturated heterocycles. The van der Waals surface area contributed by atoms with Crippen LogP contribution >= 0.6 is 0 Å². The van der Waals surface area contributed by atoms with Crippen molar-refractivity contribution in [3.05, 3.63) is 0 Å². The van der Waals surface area contributed by atoms with Gasteiger partial charge in [0, 0.05) is 6.42 Å². The third-order valence-corrected chi connectivity index (χ3v) is 1.72. The first kappa shape index (κ1) is 8.67. The van der Waals surface area contributed by atoms with Crippen molar-refractivity contribution in [3.8, 4) is 0 Å². The van der Waals surface area contributed by atoms with Gasteiger partial charge in [0.05, 0.1) is 0 Å². The summed E-state index contributed by atoms with van der Waals surface area (Å²) >= 11 is 0. The third-order valence-electron chi connectivity index (χ3n) is 1.72. The van der Waals surface area contributed by atoms with Gasteiger partial charge in [-0.05, 0) is 12.3 Å². The van der Waals surface area contributed by atoms with Crippen LogP contribution in [0.1, 0.15) is 39.5 Å². The molecule has 1 heteroatoms. The molecule has 1 nitrogen and oxygen atoms in total. The summed E-state index contributed by atoms with van der Waals surface area (Å²) < 4.78 is 0. The van der Waals surface area contributed by atoms with E-state index in [9.17, 15) is 4.79 Å². The maximum atomic E-state index is 9.87. The van der Waals surface area contributed by atoms with Gasteiger partial charge in [0.2, 0.25) is 0 Å². The van der Waals surface area contributed by atoms with Crippen molar-refractivity contribution in [1.29, 1.82) is 0 Å². The molecule has 0 radical (unpaired) electrons. The van der Waals surface area contributed by atoms with Gasteiger partial charge in [-0.3, -0.25) is 0 Å². The molecule has 1 atom stereocenters. The van der Waals surface area contributed by atoms with Crippen LogP contribution in [0.15, 0.2) is 0 Å². The van der Waals surface area contributed by atoms with Crippen LogP contribution in [0, 0.1) is 5.92 Å². The topological polar surface area (TPSA) is 17.1 Å². The van der Waals surface area contributed by atoms with Crippen molar-refractivity contribution in [3.63, 3.8) is 0 Å². The molecular formula is C8H16O. The monoisotopic (exact) mass is 128 g/mol. The third kappa shape index (κ3) is 5.54. The van der Waals surface area contributed by atoms with Gasteiger partial charge in [0.1, 0.15) is 6.29 Å². The van der Waals surface area contributed by atoms with Crippen LogP contribution in [-0.2, 0) is 4.79 Å². The molecule has 0 rings (SSSR count). The number of carbonyl (C=O) groups excluding carboxylic acids is 1. The summed E-state index contributed by atoms with van der Waals surface area (Å²) in [5.41, 5.74) is 0. The van der Waals surface area contributed by atoms with E-state index < -0.39 is 0 Å². The SMILES string of the molecule is CC[C@@H](C)CCCC=O. The predicted octanol–water partition coefficient (Wildman–Crippen LogP) is 2.40. The molecular weight excluding hydrogens is 112 g/mol. The van der Waals surface area contributed by atoms with Gasteiger partial charge < -0.3 is 4.79 Å². The number of aldehydes is 1. The Balaban J connectivity index is 2.96. The van der Waals surface area contributed by atoms with Crippen molar-refractivity contribution >= 4 is 6.29 Å². The predicted molar refractivity (Wildman–Crippen MR) is 39.4 cm³/mol. The molecule has 0 bridgehead atoms. The van der Waals surface area contributed by atoms with Gasteiger partial charge in [-0.25, -0.2) is 0 Å². The summed E-state index contributed by atoms with van der Waals surface area (Å²) in [5.74, 6) is 0.796. The minimum atomic E-state index is 0.740. The zero-order valence-corrected chi connectivity index (χ0v) is 6.39. The highest BCUT2D eigenvalue weighted by molar-refractivity contribution is 5.48. The van der Waals surface area contributed by atoms with Crippen LogP contribution in [0.3, 0.4) is 0 Å². The van der Waals surface area contributed by atoms with Crippen molar-refractivity contribution in [1.82, 2.24) is 0 Å². The molecule has 0 amide bonds. The fourth-order valence-electron chi connectivity index (χ4n) is 0.754. The van der Waals surface area contributed by atoms with Gasteiger partial charge in [0.15, 0.2) is 0 Å². The fraction of sp³-hybridized carbons (Fsp3) is 0.875. The zero-order chi connectivity index (χ0) is 7.11. The first-order valence-electron chi connectivity index (χ1n) is 3.74. The summed E-state index contributed by atoms with van der Waals surface area (Å²) in [6.07, 6.45) is 5.25. The number of carbonyl (C=O) groups is 1. The number of rotatable bonds is 5. The summed E-state index contributed by atoms with van der Waals surface area (Å²) in [5, 5.41) is 0. The van der Waals surface area contributed by atoms with Gasteiger partial charge in [-0.15, -0.1) is 0 Å². The highest BCUT2D eigenvalue weighted by Crippen LogP contribution is 2.09. The molecule has 0 unspecified atom stereocenters. The second kappa shape index (κ2) is 5.80. The van der Waals surface area contributed by atoms with Crippen LogP contribution in [-0.4, -0.2) is 6.29 Å². The molecule has 0 spiro atoms. The Bertz CT molecular complexity index is 69.0. The van der Waals surface area contributed by atoms with E-state index in [1.165, 1.54) is 12.8 Å². The van der Waals surface area contributed by atoms with E-state index in [4.69, 9.17) is 0 Å². The molecule has 0 aliphatic carbocycles. The number of hydrogen-bond acceptors (Lipinski definition) is 1. The van der Waals surface area contributed by atoms with Gasteiger partial charge in [0.25, 0.3) is 0 Å². The average molecular weight is 128 g/mol. The Kier molecular flexibility index (Phi) is 5.59. The molecule has 9 heavy (non-hydrogen) atoms. The maximum absolute atomic E-state index is 9.87. The van der Waals surface area contributed by atoms with E-state index in [2.05, 4.69) is 13.8 Å². The summed E-state index contributed by atoms with van der Waals surface area (Å²) in [6, 6.07) is 0. The Hall–Kier alpha value is -0.330. The Morgan fingerprint density at radius 3 is 2.67 bits per heavy atom. The van der Waals surface area contributed by atoms with E-state index in [0.717, 1.165) is 25.0 Å². The minimum absolute atomic E-state index is 0.740. The van der Waals surface area contributed by atoms with E-state index >= 15 is 0 Å². The van der Waals surface area contributed by atoms with E-state index in [1.807, 2.05) is 0 Å². The van der Waals surface area contributed by atoms with E-state index in [-0.39, 0.29) is 0 Å². The van der Waals surface area contributed by atoms with Crippen LogP contribution in [0.4, 0.5) is 0 Å². The summed E-state index contributed by atoms with van der Waals surface area (Å²) in [7, 11) is 0. The van der Waals surface area contributed by atoms with Crippen molar-refractivity contribution in [2.45, 2.75) is 39.5 Å². The standard InChI is InChI=1S/C8H16O/c1-3-8(2)6-4-5-7-9/h7-8H,3-6H2,1-2H3/t8-/m1/s1. The molecule has 0 fully saturated rings. The maximum Gasteiger partial charge on any atom is 0.119 e. The lowest BCUT2D eigenvalue weighted by atomic mass is 10.0. The lowest BCUT2D eigenvalue weighted by Gasteiger charge is -2.04. The van der Waals surface area contributed by atoms with Crippen molar-refractivity contribution in [2.24, 2.45) is 5.92 Å². The average Bonchev–Trinajstić information content (AvgIpc) is 1.89. The molecule has 0 aromatic heterocycles. The lowest BCUT2D eigenvalue weighted by Crippen LogP contribution is -1.91. The van der Waals surface area contributed by atoms with E-state index in [0.29, 0.717) is 0 Å². The molecule has 0 aromatic rings. The second-order valence-electron chi connectivity index (χ2n) is 2.61. The summed E-state index contributed by atoms with van der Waals surface area (Å²) in [6.45, 7) is 4.41. The fourth-order valence-corrected chi connectivity index (χ4v) is 0.754. The Morgan fingerprint density at radius 1 is 1.56 bits per heavy atom. The number of unbranched alkanes of at least 4 members (excludes halogenated alkanes) is 1. The second-order valence-corrected chi connectivity index (χ2v) is 2.61. The highest BCUT2D eigenvalue weighted by Gasteiger charge is 1.96. The summed E-state index contributed by atoms with van der Waals surface area (Å²) in [4.78, 5) is 9.87. The van der Waals surface area contributed by atoms with Crippen LogP contribution in [0.25, 0.3) is 0 Å². The van der Waals surface area contributed by atoms with Gasteiger partial charge in [-0.2, -0.15) is 0 Å². The molecule has 0 aliphatic heterocycles. The largest absolute Gasteiger partial charge is 0.303 e. The normalized spacial score (nSPS) is 13.1. The van der Waals surface area contributed by atoms with Gasteiger partial charge in [-0.1, -0.05) is 26.7 Å². The van der Waals surface area contributed by atoms with Crippen molar-refractivity contribution in [2.75, 3.05) is 0 Å². The van der Waals surface area contributed by atoms with E-state index in [1.54, 1.807) is 0 Å². The quantitative estimate of drug-likeness (QED) is 0.410. The first-order chi connectivity index (χ1) is 4.31. The zero-order valence-electron chi connectivity index (χ0n) is 6.39. The number of hydrogen-bond donors (Lipinski definition) is 0. The molecule has 54 valence electrons. The molecule has 0 aliphatic rings. The van der Waals surface area contributed by atoms with Crippen LogP contribution < -0.4 is 0 Å². The minimum Gasteiger partial charge on any atom is -0.303 e. The van der Waals surface area contributed by atoms with Crippen LogP contribution in [0.5, 0.6) is 0 Å². The van der Waals surface area contributed by atoms with Crippen LogP contribution in [0.2, 0.25) is 0 Å². The van der Waals surface area contributed by atoms with Crippen molar-refractivity contribution < 1.29 is 4.79 Å².